The second-order valence-corrected chi connectivity index (χ2v) is 3.00. The number of anilines is 1. The third-order valence-electron chi connectivity index (χ3n) is 2.01. The molecule has 70 valence electrons. The molecule has 2 N–H and O–H groups in total. The molecule has 13 heavy (non-hydrogen) atoms. The summed E-state index contributed by atoms with van der Waals surface area (Å²) in [7, 11) is 0. The maximum atomic E-state index is 5.55. The van der Waals surface area contributed by atoms with E-state index >= 15 is 0 Å². The highest BCUT2D eigenvalue weighted by molar-refractivity contribution is 5.42. The molecule has 1 atom stereocenters. The highest BCUT2D eigenvalue weighted by Crippen LogP contribution is 2.30. The number of nitrogen functional groups attached to an aromatic ring is 1. The third-order valence-corrected chi connectivity index (χ3v) is 2.01. The van der Waals surface area contributed by atoms with Gasteiger partial charge >= 0.3 is 0 Å². The van der Waals surface area contributed by atoms with E-state index in [4.69, 9.17) is 15.2 Å². The lowest BCUT2D eigenvalue weighted by molar-refractivity contribution is 0.0827. The molecular weight excluding hydrogens is 168 g/mol. The van der Waals surface area contributed by atoms with E-state index in [0.29, 0.717) is 24.1 Å². The Kier molecular flexibility index (Phi) is 1.96. The van der Waals surface area contributed by atoms with Crippen LogP contribution in [0.2, 0.25) is 0 Å². The second-order valence-electron chi connectivity index (χ2n) is 3.00. The zero-order valence-corrected chi connectivity index (χ0v) is 7.49. The number of pyridine rings is 1. The Morgan fingerprint density at radius 1 is 1.62 bits per heavy atom. The topological polar surface area (TPSA) is 57.4 Å². The molecule has 0 amide bonds. The van der Waals surface area contributed by atoms with Gasteiger partial charge in [-0.3, -0.25) is 0 Å². The molecule has 4 heteroatoms. The van der Waals surface area contributed by atoms with Crippen LogP contribution in [0.3, 0.4) is 0 Å². The molecule has 4 nitrogen and oxygen atoms in total. The van der Waals surface area contributed by atoms with Gasteiger partial charge in [-0.15, -0.1) is 0 Å². The Balaban J connectivity index is 2.27. The summed E-state index contributed by atoms with van der Waals surface area (Å²) in [4.78, 5) is 4.04. The largest absolute Gasteiger partial charge is 0.484 e. The fraction of sp³-hybridized carbons (Fsp3) is 0.444. The van der Waals surface area contributed by atoms with Gasteiger partial charge in [-0.2, -0.15) is 4.98 Å². The van der Waals surface area contributed by atoms with E-state index in [2.05, 4.69) is 4.98 Å². The minimum Gasteiger partial charge on any atom is -0.484 e. The van der Waals surface area contributed by atoms with Crippen molar-refractivity contribution >= 4 is 5.82 Å². The molecule has 0 fully saturated rings. The van der Waals surface area contributed by atoms with Crippen LogP contribution in [0.5, 0.6) is 11.6 Å². The van der Waals surface area contributed by atoms with Gasteiger partial charge in [0.05, 0.1) is 0 Å². The Morgan fingerprint density at radius 3 is 3.23 bits per heavy atom. The summed E-state index contributed by atoms with van der Waals surface area (Å²) in [5, 5.41) is 0. The number of hydrogen-bond acceptors (Lipinski definition) is 4. The van der Waals surface area contributed by atoms with E-state index in [0.717, 1.165) is 6.42 Å². The van der Waals surface area contributed by atoms with Gasteiger partial charge in [-0.25, -0.2) is 0 Å². The van der Waals surface area contributed by atoms with Crippen molar-refractivity contribution < 1.29 is 9.47 Å². The first-order valence-electron chi connectivity index (χ1n) is 4.35. The van der Waals surface area contributed by atoms with Crippen molar-refractivity contribution in [2.24, 2.45) is 0 Å². The zero-order valence-electron chi connectivity index (χ0n) is 7.49. The first kappa shape index (κ1) is 8.16. The highest BCUT2D eigenvalue weighted by Gasteiger charge is 2.20. The zero-order chi connectivity index (χ0) is 9.26. The van der Waals surface area contributed by atoms with Crippen molar-refractivity contribution in [2.75, 3.05) is 12.3 Å². The Labute approximate surface area is 76.7 Å². The van der Waals surface area contributed by atoms with Crippen LogP contribution in [0.4, 0.5) is 5.82 Å². The van der Waals surface area contributed by atoms with Crippen molar-refractivity contribution in [2.45, 2.75) is 19.4 Å². The van der Waals surface area contributed by atoms with Gasteiger partial charge in [0, 0.05) is 0 Å². The van der Waals surface area contributed by atoms with Crippen molar-refractivity contribution in [3.05, 3.63) is 12.1 Å². The van der Waals surface area contributed by atoms with Crippen molar-refractivity contribution in [3.8, 4) is 11.6 Å². The van der Waals surface area contributed by atoms with Crippen LogP contribution in [-0.2, 0) is 0 Å². The van der Waals surface area contributed by atoms with Crippen LogP contribution in [0, 0.1) is 0 Å². The first-order chi connectivity index (χ1) is 6.29. The van der Waals surface area contributed by atoms with Gasteiger partial charge in [-0.1, -0.05) is 6.92 Å². The quantitative estimate of drug-likeness (QED) is 0.705. The Bertz CT molecular complexity index is 314. The van der Waals surface area contributed by atoms with E-state index in [9.17, 15) is 0 Å². The lowest BCUT2D eigenvalue weighted by Crippen LogP contribution is -2.28. The molecule has 1 aromatic heterocycles. The summed E-state index contributed by atoms with van der Waals surface area (Å²) in [6.45, 7) is 2.64. The number of nitrogens with two attached hydrogens (primary N) is 1. The standard InChI is InChI=1S/C9H12N2O2/c1-2-6-5-12-7-3-4-8(10)11-9(7)13-6/h3-4,6H,2,5H2,1H3,(H2,10,11). The lowest BCUT2D eigenvalue weighted by atomic mass is 10.3. The molecule has 2 rings (SSSR count). The summed E-state index contributed by atoms with van der Waals surface area (Å²) in [5.74, 6) is 1.65. The minimum absolute atomic E-state index is 0.0989. The summed E-state index contributed by atoms with van der Waals surface area (Å²) in [6.07, 6.45) is 1.01. The average Bonchev–Trinajstić information content (AvgIpc) is 2.16. The Hall–Kier alpha value is -1.45. The number of fused-ring (bicyclic) bond motifs is 1. The van der Waals surface area contributed by atoms with Crippen molar-refractivity contribution in [3.63, 3.8) is 0 Å². The monoisotopic (exact) mass is 180 g/mol. The number of aromatic nitrogens is 1. The van der Waals surface area contributed by atoms with Crippen LogP contribution in [-0.4, -0.2) is 17.7 Å². The van der Waals surface area contributed by atoms with Gasteiger partial charge in [0.15, 0.2) is 5.75 Å². The highest BCUT2D eigenvalue weighted by atomic mass is 16.6. The van der Waals surface area contributed by atoms with Gasteiger partial charge in [0.2, 0.25) is 0 Å². The van der Waals surface area contributed by atoms with Gasteiger partial charge < -0.3 is 15.2 Å². The number of hydrogen-bond donors (Lipinski definition) is 1. The maximum Gasteiger partial charge on any atom is 0.259 e. The summed E-state index contributed by atoms with van der Waals surface area (Å²) in [5.41, 5.74) is 5.52. The molecule has 1 unspecified atom stereocenters. The molecular formula is C9H12N2O2. The molecule has 2 heterocycles. The number of nitrogens with zero attached hydrogens (tertiary/aromatic N) is 1. The third kappa shape index (κ3) is 1.52. The fourth-order valence-electron chi connectivity index (χ4n) is 1.21. The molecule has 0 spiro atoms. The van der Waals surface area contributed by atoms with Crippen LogP contribution < -0.4 is 15.2 Å². The van der Waals surface area contributed by atoms with Gasteiger partial charge in [-0.05, 0) is 18.6 Å². The molecule has 0 saturated carbocycles. The molecule has 1 aliphatic heterocycles. The summed E-state index contributed by atoms with van der Waals surface area (Å²) < 4.78 is 11.0. The molecule has 0 aliphatic carbocycles. The number of ether oxygens (including phenoxy) is 2. The van der Waals surface area contributed by atoms with E-state index in [1.54, 1.807) is 12.1 Å². The summed E-state index contributed by atoms with van der Waals surface area (Å²) in [6, 6.07) is 3.48. The second kappa shape index (κ2) is 3.12. The molecule has 0 radical (unpaired) electrons. The normalized spacial score (nSPS) is 19.9. The van der Waals surface area contributed by atoms with Crippen LogP contribution in [0.25, 0.3) is 0 Å². The van der Waals surface area contributed by atoms with Gasteiger partial charge in [0.1, 0.15) is 18.5 Å². The molecule has 1 aromatic rings. The SMILES string of the molecule is CCC1COc2ccc(N)nc2O1. The smallest absolute Gasteiger partial charge is 0.259 e. The maximum absolute atomic E-state index is 5.55. The molecule has 0 bridgehead atoms. The fourth-order valence-corrected chi connectivity index (χ4v) is 1.21. The number of rotatable bonds is 1. The van der Waals surface area contributed by atoms with E-state index in [1.807, 2.05) is 6.92 Å². The lowest BCUT2D eigenvalue weighted by Gasteiger charge is -2.24. The molecule has 0 saturated heterocycles. The predicted molar refractivity (Wildman–Crippen MR) is 48.9 cm³/mol. The molecule has 1 aliphatic rings. The van der Waals surface area contributed by atoms with Gasteiger partial charge in [0.25, 0.3) is 5.88 Å². The average molecular weight is 180 g/mol. The van der Waals surface area contributed by atoms with E-state index in [-0.39, 0.29) is 6.10 Å². The minimum atomic E-state index is 0.0989. The Morgan fingerprint density at radius 2 is 2.46 bits per heavy atom. The first-order valence-corrected chi connectivity index (χ1v) is 4.35. The van der Waals surface area contributed by atoms with Crippen LogP contribution in [0.15, 0.2) is 12.1 Å². The summed E-state index contributed by atoms with van der Waals surface area (Å²) >= 11 is 0. The van der Waals surface area contributed by atoms with Crippen molar-refractivity contribution in [1.29, 1.82) is 0 Å². The van der Waals surface area contributed by atoms with Crippen molar-refractivity contribution in [1.82, 2.24) is 4.98 Å². The van der Waals surface area contributed by atoms with Crippen LogP contribution >= 0.6 is 0 Å². The van der Waals surface area contributed by atoms with Crippen LogP contribution in [0.1, 0.15) is 13.3 Å². The predicted octanol–water partition coefficient (Wildman–Crippen LogP) is 1.21. The van der Waals surface area contributed by atoms with E-state index in [1.165, 1.54) is 0 Å². The van der Waals surface area contributed by atoms with E-state index < -0.39 is 0 Å². The molecule has 0 aromatic carbocycles.